The van der Waals surface area contributed by atoms with E-state index in [2.05, 4.69) is 39.7 Å². The lowest BCUT2D eigenvalue weighted by Gasteiger charge is -2.15. The summed E-state index contributed by atoms with van der Waals surface area (Å²) in [6.07, 6.45) is 6.48. The van der Waals surface area contributed by atoms with Crippen molar-refractivity contribution in [1.29, 1.82) is 0 Å². The fourth-order valence-corrected chi connectivity index (χ4v) is 3.68. The Hall–Kier alpha value is -2.67. The van der Waals surface area contributed by atoms with Gasteiger partial charge in [0.15, 0.2) is 0 Å². The van der Waals surface area contributed by atoms with Crippen LogP contribution in [-0.2, 0) is 24.2 Å². The summed E-state index contributed by atoms with van der Waals surface area (Å²) >= 11 is 0. The van der Waals surface area contributed by atoms with Crippen LogP contribution < -0.4 is 5.43 Å². The second kappa shape index (κ2) is 6.57. The molecule has 2 aromatic heterocycles. The lowest BCUT2D eigenvalue weighted by atomic mass is 9.94. The number of aromatic amines is 1. The first-order valence-corrected chi connectivity index (χ1v) is 8.94. The Morgan fingerprint density at radius 3 is 2.85 bits per heavy atom. The number of carbonyl (C=O) groups is 1. The van der Waals surface area contributed by atoms with Crippen LogP contribution in [0.25, 0.3) is 6.08 Å². The molecular weight excluding hydrogens is 330 g/mol. The minimum atomic E-state index is -0.218. The smallest absolute Gasteiger partial charge is 0.273 e. The largest absolute Gasteiger partial charge is 0.361 e. The second-order valence-electron chi connectivity index (χ2n) is 7.20. The molecule has 0 bridgehead atoms. The predicted octanol–water partition coefficient (Wildman–Crippen LogP) is 2.17. The van der Waals surface area contributed by atoms with E-state index in [1.165, 1.54) is 29.7 Å². The Labute approximate surface area is 152 Å². The van der Waals surface area contributed by atoms with Crippen LogP contribution >= 0.6 is 0 Å². The molecule has 2 aromatic rings. The summed E-state index contributed by atoms with van der Waals surface area (Å²) in [5.74, 6) is 0.467. The van der Waals surface area contributed by atoms with Crippen molar-refractivity contribution in [3.05, 3.63) is 45.6 Å². The molecule has 3 heterocycles. The average Bonchev–Trinajstić information content (AvgIpc) is 3.27. The molecule has 0 saturated heterocycles. The molecule has 0 saturated carbocycles. The second-order valence-corrected chi connectivity index (χ2v) is 7.20. The van der Waals surface area contributed by atoms with E-state index >= 15 is 0 Å². The molecule has 0 unspecified atom stereocenters. The Bertz CT molecular complexity index is 917. The molecule has 2 aliphatic rings. The van der Waals surface area contributed by atoms with Gasteiger partial charge in [0.25, 0.3) is 5.91 Å². The van der Waals surface area contributed by atoms with Gasteiger partial charge in [0.05, 0.1) is 5.57 Å². The number of hydrazone groups is 1. The van der Waals surface area contributed by atoms with Crippen molar-refractivity contribution in [2.75, 3.05) is 14.1 Å². The van der Waals surface area contributed by atoms with Crippen LogP contribution in [0, 0.1) is 6.92 Å². The predicted molar refractivity (Wildman–Crippen MR) is 98.7 cm³/mol. The first-order chi connectivity index (χ1) is 12.5. The Balaban J connectivity index is 1.78. The third-order valence-corrected chi connectivity index (χ3v) is 4.85. The van der Waals surface area contributed by atoms with Gasteiger partial charge in [-0.15, -0.1) is 0 Å². The van der Waals surface area contributed by atoms with E-state index in [1.54, 1.807) is 6.07 Å². The van der Waals surface area contributed by atoms with Crippen molar-refractivity contribution in [3.63, 3.8) is 0 Å². The summed E-state index contributed by atoms with van der Waals surface area (Å²) in [5.41, 5.74) is 9.12. The van der Waals surface area contributed by atoms with Gasteiger partial charge in [-0.3, -0.25) is 4.79 Å². The molecule has 0 atom stereocenters. The number of H-pyrrole nitrogens is 1. The molecule has 0 spiro atoms. The molecule has 0 radical (unpaired) electrons. The molecule has 4 rings (SSSR count). The fourth-order valence-electron chi connectivity index (χ4n) is 3.68. The van der Waals surface area contributed by atoms with E-state index in [9.17, 15) is 4.79 Å². The van der Waals surface area contributed by atoms with Crippen LogP contribution in [0.2, 0.25) is 0 Å². The number of hydrogen-bond acceptors (Lipinski definition) is 5. The summed E-state index contributed by atoms with van der Waals surface area (Å²) in [7, 11) is 4.12. The lowest BCUT2D eigenvalue weighted by molar-refractivity contribution is -0.116. The number of hydrogen-bond donors (Lipinski definition) is 2. The van der Waals surface area contributed by atoms with Crippen LogP contribution in [0.15, 0.2) is 21.3 Å². The summed E-state index contributed by atoms with van der Waals surface area (Å²) in [4.78, 5) is 18.1. The van der Waals surface area contributed by atoms with Gasteiger partial charge in [-0.2, -0.15) is 5.10 Å². The first kappa shape index (κ1) is 16.8. The molecule has 1 aliphatic heterocycles. The molecule has 136 valence electrons. The Morgan fingerprint density at radius 1 is 1.31 bits per heavy atom. The Morgan fingerprint density at radius 2 is 2.12 bits per heavy atom. The van der Waals surface area contributed by atoms with E-state index in [0.717, 1.165) is 25.1 Å². The van der Waals surface area contributed by atoms with Crippen molar-refractivity contribution >= 4 is 17.7 Å². The topological polar surface area (TPSA) is 86.5 Å². The van der Waals surface area contributed by atoms with E-state index in [0.29, 0.717) is 22.7 Å². The Kier molecular flexibility index (Phi) is 4.24. The van der Waals surface area contributed by atoms with Crippen molar-refractivity contribution in [2.45, 2.75) is 39.2 Å². The van der Waals surface area contributed by atoms with E-state index < -0.39 is 0 Å². The number of aryl methyl sites for hydroxylation is 2. The third-order valence-electron chi connectivity index (χ3n) is 4.85. The van der Waals surface area contributed by atoms with E-state index in [4.69, 9.17) is 4.52 Å². The van der Waals surface area contributed by atoms with Crippen LogP contribution in [0.4, 0.5) is 0 Å². The van der Waals surface area contributed by atoms with Gasteiger partial charge in [-0.25, -0.2) is 5.43 Å². The average molecular weight is 353 g/mol. The number of nitrogens with zero attached hydrogens (tertiary/aromatic N) is 3. The van der Waals surface area contributed by atoms with Crippen molar-refractivity contribution < 1.29 is 9.32 Å². The summed E-state index contributed by atoms with van der Waals surface area (Å²) in [6, 6.07) is 1.79. The van der Waals surface area contributed by atoms with Gasteiger partial charge < -0.3 is 14.4 Å². The zero-order valence-electron chi connectivity index (χ0n) is 15.3. The zero-order chi connectivity index (χ0) is 18.3. The highest BCUT2D eigenvalue weighted by Crippen LogP contribution is 2.30. The minimum Gasteiger partial charge on any atom is -0.361 e. The van der Waals surface area contributed by atoms with Crippen LogP contribution in [0.5, 0.6) is 0 Å². The third kappa shape index (κ3) is 2.99. The summed E-state index contributed by atoms with van der Waals surface area (Å²) in [6.45, 7) is 2.65. The summed E-state index contributed by atoms with van der Waals surface area (Å²) in [5, 5.41) is 8.16. The number of amides is 1. The quantitative estimate of drug-likeness (QED) is 0.825. The first-order valence-electron chi connectivity index (χ1n) is 8.94. The number of nitrogens with one attached hydrogen (secondary N) is 2. The minimum absolute atomic E-state index is 0.218. The SMILES string of the molecule is Cc1cc(C2=NNC(=O)C2=Cc2[nH]c3c(c2CN(C)C)CCCC3)no1. The number of carbonyl (C=O) groups excluding carboxylic acids is 1. The highest BCUT2D eigenvalue weighted by Gasteiger charge is 2.28. The molecule has 1 amide bonds. The number of rotatable bonds is 4. The molecule has 0 fully saturated rings. The standard InChI is InChI=1S/C19H23N5O2/c1-11-8-17(23-26-11)18-13(19(25)22-21-18)9-16-14(10-24(2)3)12-6-4-5-7-15(12)20-16/h8-9,20H,4-7,10H2,1-3H3,(H,22,25). The van der Waals surface area contributed by atoms with E-state index in [1.807, 2.05) is 13.0 Å². The molecular formula is C19H23N5O2. The van der Waals surface area contributed by atoms with Crippen LogP contribution in [0.1, 0.15) is 46.8 Å². The maximum absolute atomic E-state index is 12.4. The summed E-state index contributed by atoms with van der Waals surface area (Å²) < 4.78 is 5.14. The monoisotopic (exact) mass is 353 g/mol. The normalized spacial score (nSPS) is 18.4. The van der Waals surface area contributed by atoms with Gasteiger partial charge in [0, 0.05) is 24.0 Å². The highest BCUT2D eigenvalue weighted by atomic mass is 16.5. The van der Waals surface area contributed by atoms with Crippen LogP contribution in [-0.4, -0.2) is 40.8 Å². The zero-order valence-corrected chi connectivity index (χ0v) is 15.3. The van der Waals surface area contributed by atoms with Gasteiger partial charge in [0.2, 0.25) is 0 Å². The molecule has 2 N–H and O–H groups in total. The van der Waals surface area contributed by atoms with Crippen LogP contribution in [0.3, 0.4) is 0 Å². The fraction of sp³-hybridized carbons (Fsp3) is 0.421. The number of fused-ring (bicyclic) bond motifs is 1. The molecule has 7 nitrogen and oxygen atoms in total. The van der Waals surface area contributed by atoms with Crippen molar-refractivity contribution in [3.8, 4) is 0 Å². The van der Waals surface area contributed by atoms with Crippen molar-refractivity contribution in [2.24, 2.45) is 5.10 Å². The van der Waals surface area contributed by atoms with Gasteiger partial charge in [-0.05, 0) is 63.9 Å². The highest BCUT2D eigenvalue weighted by molar-refractivity contribution is 6.32. The van der Waals surface area contributed by atoms with E-state index in [-0.39, 0.29) is 5.91 Å². The van der Waals surface area contributed by atoms with Gasteiger partial charge in [-0.1, -0.05) is 5.16 Å². The molecule has 7 heteroatoms. The maximum Gasteiger partial charge on any atom is 0.273 e. The molecule has 0 aromatic carbocycles. The van der Waals surface area contributed by atoms with Gasteiger partial charge >= 0.3 is 0 Å². The number of aromatic nitrogens is 2. The van der Waals surface area contributed by atoms with Crippen molar-refractivity contribution in [1.82, 2.24) is 20.5 Å². The van der Waals surface area contributed by atoms with Gasteiger partial charge in [0.1, 0.15) is 17.2 Å². The molecule has 26 heavy (non-hydrogen) atoms. The maximum atomic E-state index is 12.4. The lowest BCUT2D eigenvalue weighted by Crippen LogP contribution is -2.15. The molecule has 1 aliphatic carbocycles.